The summed E-state index contributed by atoms with van der Waals surface area (Å²) in [6, 6.07) is 13.9. The first-order valence-corrected chi connectivity index (χ1v) is 13.9. The summed E-state index contributed by atoms with van der Waals surface area (Å²) in [6.07, 6.45) is 4.39. The third-order valence-corrected chi connectivity index (χ3v) is 8.31. The number of hydrogen-bond acceptors (Lipinski definition) is 8. The predicted octanol–water partition coefficient (Wildman–Crippen LogP) is 6.50. The second kappa shape index (κ2) is 10.3. The van der Waals surface area contributed by atoms with Crippen molar-refractivity contribution in [2.24, 2.45) is 0 Å². The van der Waals surface area contributed by atoms with E-state index in [1.54, 1.807) is 17.4 Å². The summed E-state index contributed by atoms with van der Waals surface area (Å²) in [4.78, 5) is 19.2. The van der Waals surface area contributed by atoms with Gasteiger partial charge in [0.05, 0.1) is 35.1 Å². The highest BCUT2D eigenvalue weighted by Crippen LogP contribution is 2.44. The second-order valence-corrected chi connectivity index (χ2v) is 10.9. The predicted molar refractivity (Wildman–Crippen MR) is 144 cm³/mol. The fourth-order valence-electron chi connectivity index (χ4n) is 4.98. The van der Waals surface area contributed by atoms with Crippen molar-refractivity contribution in [2.45, 2.75) is 58.2 Å². The molecule has 0 atom stereocenters. The number of nitrogens with zero attached hydrogens (tertiary/aromatic N) is 3. The molecule has 3 heterocycles. The number of fused-ring (bicyclic) bond motifs is 1. The van der Waals surface area contributed by atoms with Crippen LogP contribution in [0.3, 0.4) is 0 Å². The van der Waals surface area contributed by atoms with Gasteiger partial charge in [0.25, 0.3) is 0 Å². The number of aromatic nitrogens is 2. The second-order valence-electron chi connectivity index (χ2n) is 9.86. The molecule has 2 aliphatic rings. The number of carbonyl (C=O) groups is 1. The number of esters is 1. The average Bonchev–Trinajstić information content (AvgIpc) is 3.53. The zero-order valence-corrected chi connectivity index (χ0v) is 22.1. The summed E-state index contributed by atoms with van der Waals surface area (Å²) >= 11 is 1.62. The first kappa shape index (κ1) is 24.1. The van der Waals surface area contributed by atoms with Gasteiger partial charge in [-0.2, -0.15) is 0 Å². The molecule has 0 bridgehead atoms. The van der Waals surface area contributed by atoms with Crippen LogP contribution in [0.1, 0.15) is 65.8 Å². The van der Waals surface area contributed by atoms with Crippen LogP contribution in [0, 0.1) is 6.92 Å². The summed E-state index contributed by atoms with van der Waals surface area (Å²) < 4.78 is 18.4. The van der Waals surface area contributed by atoms with Crippen molar-refractivity contribution in [3.8, 4) is 11.3 Å². The van der Waals surface area contributed by atoms with E-state index in [-0.39, 0.29) is 12.1 Å². The first-order chi connectivity index (χ1) is 18.1. The lowest BCUT2D eigenvalue weighted by Crippen LogP contribution is -2.36. The van der Waals surface area contributed by atoms with E-state index in [0.717, 1.165) is 76.7 Å². The van der Waals surface area contributed by atoms with Gasteiger partial charge in [-0.3, -0.25) is 0 Å². The minimum atomic E-state index is -0.291. The van der Waals surface area contributed by atoms with Crippen LogP contribution in [0.15, 0.2) is 47.0 Å². The first-order valence-electron chi connectivity index (χ1n) is 13.1. The van der Waals surface area contributed by atoms with Gasteiger partial charge < -0.3 is 18.9 Å². The SMILES string of the molecule is CCOC(=O)c1ccc2nc(N3CCC(OCc4c(-c5ccccc5C)noc4C4CC4)CC3)sc2c1. The molecule has 1 aliphatic carbocycles. The molecule has 8 heteroatoms. The maximum atomic E-state index is 12.1. The quantitative estimate of drug-likeness (QED) is 0.247. The Balaban J connectivity index is 1.11. The van der Waals surface area contributed by atoms with Crippen molar-refractivity contribution in [1.29, 1.82) is 0 Å². The van der Waals surface area contributed by atoms with Gasteiger partial charge in [-0.05, 0) is 63.3 Å². The van der Waals surface area contributed by atoms with E-state index >= 15 is 0 Å². The molecule has 2 fully saturated rings. The zero-order valence-electron chi connectivity index (χ0n) is 21.2. The van der Waals surface area contributed by atoms with Gasteiger partial charge in [-0.1, -0.05) is 40.8 Å². The minimum Gasteiger partial charge on any atom is -0.462 e. The summed E-state index contributed by atoms with van der Waals surface area (Å²) in [5.41, 5.74) is 5.83. The Labute approximate surface area is 220 Å². The largest absolute Gasteiger partial charge is 0.462 e. The van der Waals surface area contributed by atoms with Gasteiger partial charge in [0.2, 0.25) is 0 Å². The molecule has 37 heavy (non-hydrogen) atoms. The van der Waals surface area contributed by atoms with Gasteiger partial charge in [0.15, 0.2) is 5.13 Å². The molecule has 1 aliphatic heterocycles. The van der Waals surface area contributed by atoms with E-state index in [1.807, 2.05) is 25.1 Å². The van der Waals surface area contributed by atoms with Crippen LogP contribution in [0.25, 0.3) is 21.5 Å². The molecule has 0 unspecified atom stereocenters. The van der Waals surface area contributed by atoms with Crippen molar-refractivity contribution in [3.05, 3.63) is 64.9 Å². The maximum Gasteiger partial charge on any atom is 0.338 e. The number of ether oxygens (including phenoxy) is 2. The molecular formula is C29H31N3O4S. The molecule has 1 saturated carbocycles. The molecule has 0 spiro atoms. The van der Waals surface area contributed by atoms with E-state index in [1.165, 1.54) is 5.56 Å². The molecule has 0 N–H and O–H groups in total. The number of piperidine rings is 1. The lowest BCUT2D eigenvalue weighted by Gasteiger charge is -2.31. The number of aryl methyl sites for hydroxylation is 1. The Morgan fingerprint density at radius 1 is 1.14 bits per heavy atom. The Morgan fingerprint density at radius 3 is 2.70 bits per heavy atom. The summed E-state index contributed by atoms with van der Waals surface area (Å²) in [5, 5.41) is 5.46. The van der Waals surface area contributed by atoms with E-state index in [4.69, 9.17) is 19.0 Å². The average molecular weight is 518 g/mol. The summed E-state index contributed by atoms with van der Waals surface area (Å²) in [6.45, 7) is 6.60. The monoisotopic (exact) mass is 517 g/mol. The number of anilines is 1. The molecule has 6 rings (SSSR count). The standard InChI is InChI=1S/C29H31N3O4S/c1-3-34-28(33)20-10-11-24-25(16-20)37-29(30-24)32-14-12-21(13-15-32)35-17-23-26(22-7-5-4-6-18(22)2)31-36-27(23)19-8-9-19/h4-7,10-11,16,19,21H,3,8-9,12-15,17H2,1-2H3. The fraction of sp³-hybridized carbons (Fsp3) is 0.414. The lowest BCUT2D eigenvalue weighted by molar-refractivity contribution is 0.0246. The molecule has 0 amide bonds. The molecule has 2 aromatic carbocycles. The number of carbonyl (C=O) groups excluding carboxylic acids is 1. The summed E-state index contributed by atoms with van der Waals surface area (Å²) in [5.74, 6) is 1.20. The number of thiazole rings is 1. The van der Waals surface area contributed by atoms with Crippen molar-refractivity contribution < 1.29 is 18.8 Å². The molecule has 2 aromatic heterocycles. The fourth-order valence-corrected chi connectivity index (χ4v) is 6.04. The highest BCUT2D eigenvalue weighted by atomic mass is 32.1. The van der Waals surface area contributed by atoms with Crippen molar-refractivity contribution >= 4 is 32.7 Å². The van der Waals surface area contributed by atoms with Crippen molar-refractivity contribution in [1.82, 2.24) is 10.1 Å². The molecule has 0 radical (unpaired) electrons. The van der Waals surface area contributed by atoms with Gasteiger partial charge in [-0.15, -0.1) is 0 Å². The number of hydrogen-bond donors (Lipinski definition) is 0. The van der Waals surface area contributed by atoms with E-state index in [9.17, 15) is 4.79 Å². The van der Waals surface area contributed by atoms with Crippen molar-refractivity contribution in [3.63, 3.8) is 0 Å². The Morgan fingerprint density at radius 2 is 1.95 bits per heavy atom. The van der Waals surface area contributed by atoms with E-state index in [2.05, 4.69) is 35.2 Å². The summed E-state index contributed by atoms with van der Waals surface area (Å²) in [7, 11) is 0. The Kier molecular flexibility index (Phi) is 6.69. The van der Waals surface area contributed by atoms with Gasteiger partial charge in [-0.25, -0.2) is 9.78 Å². The maximum absolute atomic E-state index is 12.1. The highest BCUT2D eigenvalue weighted by Gasteiger charge is 2.33. The van der Waals surface area contributed by atoms with Crippen LogP contribution in [-0.4, -0.2) is 41.9 Å². The highest BCUT2D eigenvalue weighted by molar-refractivity contribution is 7.22. The van der Waals surface area contributed by atoms with Crippen LogP contribution in [0.2, 0.25) is 0 Å². The van der Waals surface area contributed by atoms with E-state index in [0.29, 0.717) is 24.7 Å². The third-order valence-electron chi connectivity index (χ3n) is 7.23. The molecule has 1 saturated heterocycles. The number of benzene rings is 2. The normalized spacial score (nSPS) is 16.4. The van der Waals surface area contributed by atoms with Gasteiger partial charge >= 0.3 is 5.97 Å². The minimum absolute atomic E-state index is 0.188. The molecule has 7 nitrogen and oxygen atoms in total. The van der Waals surface area contributed by atoms with Gasteiger partial charge in [0, 0.05) is 30.1 Å². The van der Waals surface area contributed by atoms with E-state index < -0.39 is 0 Å². The van der Waals surface area contributed by atoms with Crippen LogP contribution >= 0.6 is 11.3 Å². The molecule has 192 valence electrons. The Hall–Kier alpha value is -3.23. The van der Waals surface area contributed by atoms with Crippen LogP contribution < -0.4 is 4.90 Å². The van der Waals surface area contributed by atoms with Crippen LogP contribution in [-0.2, 0) is 16.1 Å². The van der Waals surface area contributed by atoms with Crippen LogP contribution in [0.5, 0.6) is 0 Å². The van der Waals surface area contributed by atoms with Gasteiger partial charge in [0.1, 0.15) is 11.5 Å². The lowest BCUT2D eigenvalue weighted by atomic mass is 10.0. The third kappa shape index (κ3) is 5.00. The van der Waals surface area contributed by atoms with Crippen molar-refractivity contribution in [2.75, 3.05) is 24.6 Å². The zero-order chi connectivity index (χ0) is 25.4. The topological polar surface area (TPSA) is 77.7 Å². The smallest absolute Gasteiger partial charge is 0.338 e. The Bertz CT molecular complexity index is 1420. The van der Waals surface area contributed by atoms with Crippen LogP contribution in [0.4, 0.5) is 5.13 Å². The number of rotatable bonds is 8. The molecule has 4 aromatic rings. The molecular weight excluding hydrogens is 486 g/mol.